The summed E-state index contributed by atoms with van der Waals surface area (Å²) in [5, 5.41) is 3.60. The minimum atomic E-state index is -0.766. The van der Waals surface area contributed by atoms with Gasteiger partial charge < -0.3 is 0 Å². The second kappa shape index (κ2) is 9.20. The van der Waals surface area contributed by atoms with Crippen molar-refractivity contribution in [3.8, 4) is 0 Å². The Morgan fingerprint density at radius 2 is 1.76 bits per heavy atom. The molecule has 0 spiro atoms. The van der Waals surface area contributed by atoms with Crippen molar-refractivity contribution in [2.75, 3.05) is 17.9 Å². The smallest absolute Gasteiger partial charge is 0.294 e. The normalized spacial score (nSPS) is 10.4. The van der Waals surface area contributed by atoms with Gasteiger partial charge in [-0.1, -0.05) is 34.8 Å². The number of halogens is 3. The number of hydrogen-bond donors (Lipinski definition) is 3. The van der Waals surface area contributed by atoms with Gasteiger partial charge in [-0.25, -0.2) is 4.79 Å². The molecule has 1 aromatic heterocycles. The summed E-state index contributed by atoms with van der Waals surface area (Å²) in [5.74, 6) is -0.546. The number of hydrogen-bond acceptors (Lipinski definition) is 7. The predicted molar refractivity (Wildman–Crippen MR) is 107 cm³/mol. The summed E-state index contributed by atoms with van der Waals surface area (Å²) in [6.45, 7) is 0. The molecule has 6 nitrogen and oxygen atoms in total. The molecule has 0 aliphatic carbocycles. The van der Waals surface area contributed by atoms with E-state index in [-0.39, 0.29) is 15.7 Å². The molecule has 2 rings (SSSR count). The fraction of sp³-hybridized carbons (Fsp3) is 0.154. The molecule has 3 N–H and O–H groups in total. The average Bonchev–Trinajstić information content (AvgIpc) is 2.96. The number of thioether (sulfide) groups is 2. The van der Waals surface area contributed by atoms with Gasteiger partial charge in [0, 0.05) is 5.02 Å². The molecule has 0 unspecified atom stereocenters. The van der Waals surface area contributed by atoms with Crippen LogP contribution in [0.2, 0.25) is 15.1 Å². The molecule has 0 saturated carbocycles. The molecule has 0 aliphatic rings. The standard InChI is InChI=1S/C13H11Cl3N4O2S3/c1-23-11-8(12(24-2)25-20-11)10(21)17-13(22)19-18-9-6(15)3-5(14)4-7(9)16/h3-4,18H,1-2H3,(H2,17,19,21,22). The third-order valence-corrected chi connectivity index (χ3v) is 6.32. The van der Waals surface area contributed by atoms with E-state index in [0.29, 0.717) is 15.6 Å². The number of amides is 3. The fourth-order valence-corrected chi connectivity index (χ4v) is 4.90. The highest BCUT2D eigenvalue weighted by atomic mass is 35.5. The summed E-state index contributed by atoms with van der Waals surface area (Å²) in [6.07, 6.45) is 3.64. The highest BCUT2D eigenvalue weighted by Gasteiger charge is 2.22. The van der Waals surface area contributed by atoms with Crippen molar-refractivity contribution in [3.05, 3.63) is 32.8 Å². The lowest BCUT2D eigenvalue weighted by atomic mass is 10.3. The highest BCUT2D eigenvalue weighted by molar-refractivity contribution is 8.01. The Balaban J connectivity index is 2.04. The van der Waals surface area contributed by atoms with Crippen LogP contribution in [0.4, 0.5) is 10.5 Å². The van der Waals surface area contributed by atoms with Crippen LogP contribution in [0.5, 0.6) is 0 Å². The Bertz CT molecular complexity index is 771. The van der Waals surface area contributed by atoms with Crippen molar-refractivity contribution in [1.29, 1.82) is 0 Å². The molecule has 0 aliphatic heterocycles. The number of imide groups is 1. The van der Waals surface area contributed by atoms with Gasteiger partial charge in [0.1, 0.15) is 5.03 Å². The monoisotopic (exact) mass is 456 g/mol. The predicted octanol–water partition coefficient (Wildman–Crippen LogP) is 5.01. The number of anilines is 1. The average molecular weight is 458 g/mol. The first-order valence-corrected chi connectivity index (χ1v) is 10.8. The van der Waals surface area contributed by atoms with E-state index in [2.05, 4.69) is 20.5 Å². The third kappa shape index (κ3) is 5.08. The van der Waals surface area contributed by atoms with Gasteiger partial charge in [-0.3, -0.25) is 21.0 Å². The summed E-state index contributed by atoms with van der Waals surface area (Å²) in [7, 11) is 0. The first-order chi connectivity index (χ1) is 11.9. The molecule has 0 radical (unpaired) electrons. The number of nitrogens with zero attached hydrogens (tertiary/aromatic N) is 1. The van der Waals surface area contributed by atoms with Crippen LogP contribution in [0, 0.1) is 0 Å². The molecule has 0 atom stereocenters. The second-order valence-corrected chi connectivity index (χ2v) is 8.23. The zero-order valence-electron chi connectivity index (χ0n) is 12.8. The van der Waals surface area contributed by atoms with Crippen LogP contribution in [0.3, 0.4) is 0 Å². The zero-order valence-corrected chi connectivity index (χ0v) is 17.5. The molecule has 2 aromatic rings. The van der Waals surface area contributed by atoms with E-state index in [1.165, 1.54) is 47.2 Å². The molecule has 134 valence electrons. The van der Waals surface area contributed by atoms with Crippen LogP contribution in [-0.4, -0.2) is 28.8 Å². The Labute approximate surface area is 171 Å². The van der Waals surface area contributed by atoms with E-state index in [1.54, 1.807) is 0 Å². The minimum Gasteiger partial charge on any atom is -0.294 e. The summed E-state index contributed by atoms with van der Waals surface area (Å²) >= 11 is 21.8. The Morgan fingerprint density at radius 3 is 2.32 bits per heavy atom. The van der Waals surface area contributed by atoms with Gasteiger partial charge in [-0.05, 0) is 36.2 Å². The lowest BCUT2D eigenvalue weighted by Crippen LogP contribution is -2.42. The van der Waals surface area contributed by atoms with Crippen molar-refractivity contribution in [2.24, 2.45) is 0 Å². The van der Waals surface area contributed by atoms with E-state index >= 15 is 0 Å². The lowest BCUT2D eigenvalue weighted by molar-refractivity contribution is 0.0959. The van der Waals surface area contributed by atoms with Crippen molar-refractivity contribution >= 4 is 87.5 Å². The van der Waals surface area contributed by atoms with Gasteiger partial charge in [0.25, 0.3) is 5.91 Å². The SMILES string of the molecule is CSc1nsc(SC)c1C(=O)NC(=O)NNc1c(Cl)cc(Cl)cc1Cl. The number of urea groups is 1. The maximum Gasteiger partial charge on any atom is 0.340 e. The zero-order chi connectivity index (χ0) is 18.6. The Kier molecular flexibility index (Phi) is 7.53. The number of nitrogens with one attached hydrogen (secondary N) is 3. The van der Waals surface area contributed by atoms with Gasteiger partial charge in [0.2, 0.25) is 0 Å². The third-order valence-electron chi connectivity index (χ3n) is 2.77. The molecular formula is C13H11Cl3N4O2S3. The van der Waals surface area contributed by atoms with E-state index in [0.717, 1.165) is 4.21 Å². The number of rotatable bonds is 5. The summed E-state index contributed by atoms with van der Waals surface area (Å²) in [4.78, 5) is 24.3. The number of carbonyl (C=O) groups is 2. The molecule has 1 aromatic carbocycles. The van der Waals surface area contributed by atoms with Crippen LogP contribution in [0.1, 0.15) is 10.4 Å². The first kappa shape index (κ1) is 20.5. The molecule has 3 amide bonds. The molecule has 1 heterocycles. The van der Waals surface area contributed by atoms with E-state index in [9.17, 15) is 9.59 Å². The number of aromatic nitrogens is 1. The van der Waals surface area contributed by atoms with Gasteiger partial charge >= 0.3 is 6.03 Å². The maximum absolute atomic E-state index is 12.3. The van der Waals surface area contributed by atoms with E-state index in [1.807, 2.05) is 12.5 Å². The van der Waals surface area contributed by atoms with Crippen molar-refractivity contribution in [3.63, 3.8) is 0 Å². The summed E-state index contributed by atoms with van der Waals surface area (Å²) in [5.41, 5.74) is 5.50. The van der Waals surface area contributed by atoms with Gasteiger partial charge in [0.15, 0.2) is 0 Å². The van der Waals surface area contributed by atoms with Gasteiger partial charge in [0.05, 0.1) is 25.5 Å². The molecule has 0 saturated heterocycles. The molecule has 12 heteroatoms. The quantitative estimate of drug-likeness (QED) is 0.432. The van der Waals surface area contributed by atoms with Gasteiger partial charge in [-0.2, -0.15) is 4.37 Å². The topological polar surface area (TPSA) is 83.1 Å². The fourth-order valence-electron chi connectivity index (χ4n) is 1.71. The molecular weight excluding hydrogens is 447 g/mol. The Morgan fingerprint density at radius 1 is 1.12 bits per heavy atom. The largest absolute Gasteiger partial charge is 0.340 e. The Hall–Kier alpha value is -0.840. The highest BCUT2D eigenvalue weighted by Crippen LogP contribution is 2.33. The van der Waals surface area contributed by atoms with Gasteiger partial charge in [-0.15, -0.1) is 23.5 Å². The molecule has 25 heavy (non-hydrogen) atoms. The van der Waals surface area contributed by atoms with Crippen LogP contribution >= 0.6 is 69.9 Å². The van der Waals surface area contributed by atoms with Crippen LogP contribution in [-0.2, 0) is 0 Å². The lowest BCUT2D eigenvalue weighted by Gasteiger charge is -2.12. The second-order valence-electron chi connectivity index (χ2n) is 4.34. The first-order valence-electron chi connectivity index (χ1n) is 6.46. The molecule has 0 bridgehead atoms. The van der Waals surface area contributed by atoms with Crippen molar-refractivity contribution in [2.45, 2.75) is 9.24 Å². The summed E-state index contributed by atoms with van der Waals surface area (Å²) in [6, 6.07) is 2.17. The van der Waals surface area contributed by atoms with Crippen LogP contribution < -0.4 is 16.2 Å². The number of carbonyl (C=O) groups excluding carboxylic acids is 2. The maximum atomic E-state index is 12.3. The summed E-state index contributed by atoms with van der Waals surface area (Å²) < 4.78 is 4.92. The number of hydrazine groups is 1. The van der Waals surface area contributed by atoms with Crippen molar-refractivity contribution in [1.82, 2.24) is 15.1 Å². The minimum absolute atomic E-state index is 0.223. The van der Waals surface area contributed by atoms with Crippen LogP contribution in [0.25, 0.3) is 0 Å². The van der Waals surface area contributed by atoms with Crippen LogP contribution in [0.15, 0.2) is 21.4 Å². The van der Waals surface area contributed by atoms with E-state index < -0.39 is 11.9 Å². The van der Waals surface area contributed by atoms with Crippen molar-refractivity contribution < 1.29 is 9.59 Å². The van der Waals surface area contributed by atoms with E-state index in [4.69, 9.17) is 34.8 Å². The number of benzene rings is 1. The molecule has 0 fully saturated rings.